The van der Waals surface area contributed by atoms with Gasteiger partial charge in [-0.25, -0.2) is 4.98 Å². The molecule has 1 atom stereocenters. The van der Waals surface area contributed by atoms with E-state index in [1.165, 1.54) is 5.56 Å². The van der Waals surface area contributed by atoms with E-state index in [0.717, 1.165) is 70.8 Å². The van der Waals surface area contributed by atoms with Crippen LogP contribution in [-0.4, -0.2) is 86.8 Å². The van der Waals surface area contributed by atoms with E-state index in [2.05, 4.69) is 66.4 Å². The molecular formula is C23H33IN6O. The first-order valence-electron chi connectivity index (χ1n) is 10.8. The zero-order valence-electron chi connectivity index (χ0n) is 18.2. The van der Waals surface area contributed by atoms with Gasteiger partial charge in [0.2, 0.25) is 0 Å². The third-order valence-electron chi connectivity index (χ3n) is 5.89. The third-order valence-corrected chi connectivity index (χ3v) is 5.89. The maximum atomic E-state index is 5.57. The number of rotatable bonds is 5. The van der Waals surface area contributed by atoms with Crippen molar-refractivity contribution in [3.05, 3.63) is 60.3 Å². The van der Waals surface area contributed by atoms with Crippen LogP contribution in [0.4, 0.5) is 5.82 Å². The van der Waals surface area contributed by atoms with E-state index in [-0.39, 0.29) is 24.0 Å². The quantitative estimate of drug-likeness (QED) is 0.360. The summed E-state index contributed by atoms with van der Waals surface area (Å²) in [5, 5.41) is 3.65. The van der Waals surface area contributed by atoms with Gasteiger partial charge in [-0.1, -0.05) is 36.4 Å². The highest BCUT2D eigenvalue weighted by atomic mass is 127. The molecule has 31 heavy (non-hydrogen) atoms. The number of guanidine groups is 1. The van der Waals surface area contributed by atoms with Crippen LogP contribution in [-0.2, 0) is 4.74 Å². The predicted octanol–water partition coefficient (Wildman–Crippen LogP) is 2.47. The summed E-state index contributed by atoms with van der Waals surface area (Å²) in [4.78, 5) is 16.3. The number of aromatic nitrogens is 1. The van der Waals surface area contributed by atoms with Crippen LogP contribution in [0.1, 0.15) is 11.6 Å². The van der Waals surface area contributed by atoms with E-state index in [0.29, 0.717) is 6.04 Å². The Morgan fingerprint density at radius 1 is 1.00 bits per heavy atom. The second-order valence-corrected chi connectivity index (χ2v) is 7.66. The standard InChI is InChI=1S/C23H32N6O.HI/c1-24-23(29-13-11-28(12-14-29)22-9-5-6-10-25-22)26-19-21(20-7-3-2-4-8-20)27-15-17-30-18-16-27;/h2-10,21H,11-19H2,1H3,(H,24,26);1H. The van der Waals surface area contributed by atoms with E-state index in [1.807, 2.05) is 25.4 Å². The molecule has 7 nitrogen and oxygen atoms in total. The summed E-state index contributed by atoms with van der Waals surface area (Å²) >= 11 is 0. The first kappa shape index (κ1) is 23.7. The molecule has 1 unspecified atom stereocenters. The molecule has 2 saturated heterocycles. The lowest BCUT2D eigenvalue weighted by molar-refractivity contribution is 0.0169. The largest absolute Gasteiger partial charge is 0.379 e. The number of hydrogen-bond donors (Lipinski definition) is 1. The van der Waals surface area contributed by atoms with Crippen molar-refractivity contribution in [3.8, 4) is 0 Å². The molecule has 2 fully saturated rings. The molecule has 3 heterocycles. The monoisotopic (exact) mass is 536 g/mol. The van der Waals surface area contributed by atoms with Gasteiger partial charge < -0.3 is 19.9 Å². The maximum Gasteiger partial charge on any atom is 0.193 e. The van der Waals surface area contributed by atoms with Gasteiger partial charge in [0, 0.05) is 59.1 Å². The van der Waals surface area contributed by atoms with Crippen molar-refractivity contribution in [2.45, 2.75) is 6.04 Å². The van der Waals surface area contributed by atoms with E-state index in [4.69, 9.17) is 4.74 Å². The minimum absolute atomic E-state index is 0. The summed E-state index contributed by atoms with van der Waals surface area (Å²) in [7, 11) is 1.87. The summed E-state index contributed by atoms with van der Waals surface area (Å²) < 4.78 is 5.57. The summed E-state index contributed by atoms with van der Waals surface area (Å²) in [6.07, 6.45) is 1.86. The summed E-state index contributed by atoms with van der Waals surface area (Å²) in [6.45, 7) is 8.11. The SMILES string of the molecule is CN=C(NCC(c1ccccc1)N1CCOCC1)N1CCN(c2ccccn2)CC1.I. The van der Waals surface area contributed by atoms with Crippen molar-refractivity contribution in [2.24, 2.45) is 4.99 Å². The minimum atomic E-state index is 0. The van der Waals surface area contributed by atoms with E-state index >= 15 is 0 Å². The van der Waals surface area contributed by atoms with Gasteiger partial charge in [0.1, 0.15) is 5.82 Å². The van der Waals surface area contributed by atoms with E-state index in [1.54, 1.807) is 0 Å². The highest BCUT2D eigenvalue weighted by Gasteiger charge is 2.25. The molecule has 1 N–H and O–H groups in total. The highest BCUT2D eigenvalue weighted by molar-refractivity contribution is 14.0. The van der Waals surface area contributed by atoms with Gasteiger partial charge in [-0.05, 0) is 17.7 Å². The number of halogens is 1. The number of anilines is 1. The Bertz CT molecular complexity index is 792. The van der Waals surface area contributed by atoms with Crippen LogP contribution in [0.3, 0.4) is 0 Å². The molecule has 0 saturated carbocycles. The van der Waals surface area contributed by atoms with Gasteiger partial charge in [-0.2, -0.15) is 0 Å². The number of nitrogens with one attached hydrogen (secondary N) is 1. The zero-order chi connectivity index (χ0) is 20.6. The van der Waals surface area contributed by atoms with Gasteiger partial charge in [0.25, 0.3) is 0 Å². The van der Waals surface area contributed by atoms with Crippen molar-refractivity contribution in [2.75, 3.05) is 71.0 Å². The smallest absolute Gasteiger partial charge is 0.193 e. The molecule has 1 aromatic heterocycles. The van der Waals surface area contributed by atoms with Gasteiger partial charge in [0.15, 0.2) is 5.96 Å². The van der Waals surface area contributed by atoms with E-state index < -0.39 is 0 Å². The number of ether oxygens (including phenoxy) is 1. The molecule has 0 spiro atoms. The lowest BCUT2D eigenvalue weighted by Crippen LogP contribution is -2.54. The molecule has 168 valence electrons. The second kappa shape index (κ2) is 12.2. The molecule has 2 aliphatic heterocycles. The van der Waals surface area contributed by atoms with Crippen molar-refractivity contribution < 1.29 is 4.74 Å². The average molecular weight is 536 g/mol. The number of benzene rings is 1. The maximum absolute atomic E-state index is 5.57. The van der Waals surface area contributed by atoms with Crippen LogP contribution in [0.25, 0.3) is 0 Å². The number of aliphatic imine (C=N–C) groups is 1. The predicted molar refractivity (Wildman–Crippen MR) is 136 cm³/mol. The van der Waals surface area contributed by atoms with Crippen molar-refractivity contribution >= 4 is 35.8 Å². The average Bonchev–Trinajstić information content (AvgIpc) is 2.84. The molecule has 1 aromatic carbocycles. The first-order valence-corrected chi connectivity index (χ1v) is 10.8. The Balaban J connectivity index is 0.00000272. The normalized spacial score (nSPS) is 18.9. The number of pyridine rings is 1. The number of morpholine rings is 1. The highest BCUT2D eigenvalue weighted by Crippen LogP contribution is 2.21. The van der Waals surface area contributed by atoms with Crippen molar-refractivity contribution in [1.29, 1.82) is 0 Å². The van der Waals surface area contributed by atoms with Crippen LogP contribution in [0.2, 0.25) is 0 Å². The van der Waals surface area contributed by atoms with Gasteiger partial charge >= 0.3 is 0 Å². The molecular weight excluding hydrogens is 503 g/mol. The molecule has 4 rings (SSSR count). The minimum Gasteiger partial charge on any atom is -0.379 e. The number of piperazine rings is 1. The molecule has 2 aliphatic rings. The molecule has 0 amide bonds. The zero-order valence-corrected chi connectivity index (χ0v) is 20.5. The van der Waals surface area contributed by atoms with Crippen LogP contribution in [0.5, 0.6) is 0 Å². The fourth-order valence-corrected chi connectivity index (χ4v) is 4.23. The van der Waals surface area contributed by atoms with Crippen molar-refractivity contribution in [1.82, 2.24) is 20.1 Å². The van der Waals surface area contributed by atoms with Crippen LogP contribution >= 0.6 is 24.0 Å². The van der Waals surface area contributed by atoms with Crippen molar-refractivity contribution in [3.63, 3.8) is 0 Å². The topological polar surface area (TPSA) is 56.2 Å². The lowest BCUT2D eigenvalue weighted by atomic mass is 10.0. The van der Waals surface area contributed by atoms with Crippen LogP contribution in [0.15, 0.2) is 59.7 Å². The number of hydrogen-bond acceptors (Lipinski definition) is 5. The summed E-state index contributed by atoms with van der Waals surface area (Å²) in [6, 6.07) is 17.1. The fraction of sp³-hybridized carbons (Fsp3) is 0.478. The van der Waals surface area contributed by atoms with Crippen LogP contribution < -0.4 is 10.2 Å². The van der Waals surface area contributed by atoms with Gasteiger partial charge in [-0.15, -0.1) is 24.0 Å². The Morgan fingerprint density at radius 2 is 1.71 bits per heavy atom. The molecule has 0 aliphatic carbocycles. The summed E-state index contributed by atoms with van der Waals surface area (Å²) in [5.74, 6) is 2.03. The molecule has 0 radical (unpaired) electrons. The Labute approximate surface area is 202 Å². The summed E-state index contributed by atoms with van der Waals surface area (Å²) in [5.41, 5.74) is 1.34. The fourth-order valence-electron chi connectivity index (χ4n) is 4.23. The van der Waals surface area contributed by atoms with Gasteiger partial charge in [0.05, 0.1) is 19.3 Å². The molecule has 2 aromatic rings. The Morgan fingerprint density at radius 3 is 2.35 bits per heavy atom. The number of nitrogens with zero attached hydrogens (tertiary/aromatic N) is 5. The Kier molecular flexibility index (Phi) is 9.35. The van der Waals surface area contributed by atoms with Gasteiger partial charge in [-0.3, -0.25) is 9.89 Å². The van der Waals surface area contributed by atoms with Crippen LogP contribution in [0, 0.1) is 0 Å². The molecule has 8 heteroatoms. The lowest BCUT2D eigenvalue weighted by Gasteiger charge is -2.39. The third kappa shape index (κ3) is 6.30. The second-order valence-electron chi connectivity index (χ2n) is 7.66. The molecule has 0 bridgehead atoms. The Hall–Kier alpha value is -1.91. The first-order chi connectivity index (χ1) is 14.8. The van der Waals surface area contributed by atoms with E-state index in [9.17, 15) is 0 Å².